The first-order chi connectivity index (χ1) is 15.3. The van der Waals surface area contributed by atoms with E-state index in [2.05, 4.69) is 11.8 Å². The van der Waals surface area contributed by atoms with Crippen LogP contribution in [-0.2, 0) is 14.6 Å². The number of hydrogen-bond acceptors (Lipinski definition) is 9. The monoisotopic (exact) mass is 472 g/mol. The Kier molecular flexibility index (Phi) is 5.06. The molecule has 0 bridgehead atoms. The number of ether oxygens (including phenoxy) is 1. The Balaban J connectivity index is 1.85. The van der Waals surface area contributed by atoms with E-state index in [4.69, 9.17) is 19.7 Å². The standard InChI is InChI=1S/C21H24N6O3S2/c1-13-11-30-10-9-26(13)19-18-17(16(12-31-18)32(4,28)29)23-20(24-19)27-15-8-6-5-7-14(15)22-21(27)25(2)3/h5-8,12-13H,9-11H2,1-4H3/t13-/m1/s1. The van der Waals surface area contributed by atoms with Crippen molar-refractivity contribution in [3.63, 3.8) is 0 Å². The van der Waals surface area contributed by atoms with Gasteiger partial charge in [0.05, 0.1) is 35.0 Å². The van der Waals surface area contributed by atoms with Crippen LogP contribution in [0.3, 0.4) is 0 Å². The maximum Gasteiger partial charge on any atom is 0.239 e. The minimum atomic E-state index is -3.46. The highest BCUT2D eigenvalue weighted by molar-refractivity contribution is 7.91. The molecular weight excluding hydrogens is 448 g/mol. The molecule has 3 aromatic heterocycles. The van der Waals surface area contributed by atoms with Crippen LogP contribution in [-0.4, -0.2) is 74.1 Å². The molecule has 1 atom stereocenters. The Labute approximate surface area is 190 Å². The number of anilines is 2. The van der Waals surface area contributed by atoms with Gasteiger partial charge in [0.15, 0.2) is 15.7 Å². The number of sulfone groups is 1. The summed E-state index contributed by atoms with van der Waals surface area (Å²) in [7, 11) is 0.361. The average molecular weight is 473 g/mol. The van der Waals surface area contributed by atoms with Crippen molar-refractivity contribution in [1.82, 2.24) is 19.5 Å². The van der Waals surface area contributed by atoms with E-state index in [-0.39, 0.29) is 10.9 Å². The highest BCUT2D eigenvalue weighted by Gasteiger charge is 2.28. The van der Waals surface area contributed by atoms with Crippen molar-refractivity contribution in [2.24, 2.45) is 0 Å². The van der Waals surface area contributed by atoms with Crippen molar-refractivity contribution in [1.29, 1.82) is 0 Å². The lowest BCUT2D eigenvalue weighted by molar-refractivity contribution is 0.0987. The van der Waals surface area contributed by atoms with Crippen molar-refractivity contribution < 1.29 is 13.2 Å². The van der Waals surface area contributed by atoms with Gasteiger partial charge in [-0.25, -0.2) is 23.0 Å². The van der Waals surface area contributed by atoms with Gasteiger partial charge in [0.1, 0.15) is 10.4 Å². The fourth-order valence-electron chi connectivity index (χ4n) is 3.98. The molecule has 4 heterocycles. The minimum absolute atomic E-state index is 0.103. The smallest absolute Gasteiger partial charge is 0.239 e. The van der Waals surface area contributed by atoms with Crippen LogP contribution in [0.15, 0.2) is 34.5 Å². The Morgan fingerprint density at radius 3 is 2.69 bits per heavy atom. The Hall–Kier alpha value is -2.76. The molecule has 1 aromatic carbocycles. The van der Waals surface area contributed by atoms with Crippen molar-refractivity contribution >= 4 is 54.2 Å². The molecule has 1 saturated heterocycles. The largest absolute Gasteiger partial charge is 0.377 e. The molecule has 0 radical (unpaired) electrons. The number of hydrogen-bond donors (Lipinski definition) is 0. The summed E-state index contributed by atoms with van der Waals surface area (Å²) >= 11 is 1.36. The van der Waals surface area contributed by atoms with Crippen molar-refractivity contribution in [3.8, 4) is 5.95 Å². The second-order valence-corrected chi connectivity index (χ2v) is 11.0. The van der Waals surface area contributed by atoms with E-state index in [0.717, 1.165) is 21.6 Å². The summed E-state index contributed by atoms with van der Waals surface area (Å²) in [5.74, 6) is 1.79. The summed E-state index contributed by atoms with van der Waals surface area (Å²) in [6.45, 7) is 3.92. The van der Waals surface area contributed by atoms with Gasteiger partial charge < -0.3 is 14.5 Å². The van der Waals surface area contributed by atoms with E-state index in [1.54, 1.807) is 5.38 Å². The Morgan fingerprint density at radius 2 is 1.97 bits per heavy atom. The topological polar surface area (TPSA) is 93.4 Å². The third kappa shape index (κ3) is 3.40. The molecule has 32 heavy (non-hydrogen) atoms. The zero-order valence-corrected chi connectivity index (χ0v) is 19.9. The van der Waals surface area contributed by atoms with E-state index in [1.807, 2.05) is 47.8 Å². The van der Waals surface area contributed by atoms with Crippen LogP contribution in [0.5, 0.6) is 0 Å². The SMILES string of the molecule is C[C@@H]1COCCN1c1nc(-n2c(N(C)C)nc3ccccc32)nc2c(S(C)(=O)=O)csc12. The third-order valence-corrected chi connectivity index (χ3v) is 7.76. The maximum atomic E-state index is 12.5. The van der Waals surface area contributed by atoms with Gasteiger partial charge in [0, 0.05) is 32.3 Å². The number of rotatable bonds is 4. The lowest BCUT2D eigenvalue weighted by Crippen LogP contribution is -2.44. The molecule has 1 aliphatic rings. The third-order valence-electron chi connectivity index (χ3n) is 5.54. The zero-order chi connectivity index (χ0) is 22.6. The number of para-hydroxylation sites is 2. The van der Waals surface area contributed by atoms with Gasteiger partial charge in [-0.1, -0.05) is 12.1 Å². The summed E-state index contributed by atoms with van der Waals surface area (Å²) in [5.41, 5.74) is 2.11. The first-order valence-electron chi connectivity index (χ1n) is 10.2. The zero-order valence-electron chi connectivity index (χ0n) is 18.3. The van der Waals surface area contributed by atoms with Gasteiger partial charge in [-0.2, -0.15) is 4.98 Å². The van der Waals surface area contributed by atoms with Crippen LogP contribution in [0.1, 0.15) is 6.92 Å². The predicted molar refractivity (Wildman–Crippen MR) is 127 cm³/mol. The summed E-state index contributed by atoms with van der Waals surface area (Å²) in [6.07, 6.45) is 1.21. The molecule has 0 N–H and O–H groups in total. The lowest BCUT2D eigenvalue weighted by Gasteiger charge is -2.34. The molecule has 168 valence electrons. The molecule has 9 nitrogen and oxygen atoms in total. The van der Waals surface area contributed by atoms with Gasteiger partial charge in [-0.3, -0.25) is 0 Å². The molecule has 0 aliphatic carbocycles. The number of imidazole rings is 1. The second-order valence-electron chi connectivity index (χ2n) is 8.14. The van der Waals surface area contributed by atoms with E-state index in [1.165, 1.54) is 17.6 Å². The maximum absolute atomic E-state index is 12.5. The van der Waals surface area contributed by atoms with Crippen LogP contribution in [0.4, 0.5) is 11.8 Å². The fraction of sp³-hybridized carbons (Fsp3) is 0.381. The van der Waals surface area contributed by atoms with Crippen LogP contribution >= 0.6 is 11.3 Å². The highest BCUT2D eigenvalue weighted by Crippen LogP contribution is 2.37. The first kappa shape index (κ1) is 21.1. The number of nitrogens with zero attached hydrogens (tertiary/aromatic N) is 6. The predicted octanol–water partition coefficient (Wildman–Crippen LogP) is 2.72. The molecule has 4 aromatic rings. The summed E-state index contributed by atoms with van der Waals surface area (Å²) < 4.78 is 33.3. The van der Waals surface area contributed by atoms with Crippen LogP contribution < -0.4 is 9.80 Å². The number of aromatic nitrogens is 4. The average Bonchev–Trinajstić information content (AvgIpc) is 3.35. The van der Waals surface area contributed by atoms with Gasteiger partial charge in [0.25, 0.3) is 0 Å². The van der Waals surface area contributed by atoms with E-state index in [0.29, 0.717) is 37.2 Å². The number of benzene rings is 1. The Morgan fingerprint density at radius 1 is 1.19 bits per heavy atom. The van der Waals surface area contributed by atoms with Crippen LogP contribution in [0.25, 0.3) is 27.2 Å². The Bertz CT molecular complexity index is 1430. The summed E-state index contributed by atoms with van der Waals surface area (Å²) in [6, 6.07) is 7.88. The normalized spacial score (nSPS) is 17.4. The molecular formula is C21H24N6O3S2. The number of fused-ring (bicyclic) bond motifs is 2. The molecule has 11 heteroatoms. The van der Waals surface area contributed by atoms with Crippen molar-refractivity contribution in [3.05, 3.63) is 29.6 Å². The number of thiophene rings is 1. The van der Waals surface area contributed by atoms with Gasteiger partial charge in [-0.15, -0.1) is 11.3 Å². The molecule has 0 amide bonds. The molecule has 5 rings (SSSR count). The highest BCUT2D eigenvalue weighted by atomic mass is 32.2. The lowest BCUT2D eigenvalue weighted by atomic mass is 10.2. The first-order valence-corrected chi connectivity index (χ1v) is 13.0. The molecule has 1 fully saturated rings. The van der Waals surface area contributed by atoms with Crippen LogP contribution in [0.2, 0.25) is 0 Å². The van der Waals surface area contributed by atoms with Gasteiger partial charge >= 0.3 is 0 Å². The molecule has 0 unspecified atom stereocenters. The quantitative estimate of drug-likeness (QED) is 0.448. The van der Waals surface area contributed by atoms with Crippen molar-refractivity contribution in [2.45, 2.75) is 17.9 Å². The molecule has 0 saturated carbocycles. The minimum Gasteiger partial charge on any atom is -0.377 e. The van der Waals surface area contributed by atoms with Crippen molar-refractivity contribution in [2.75, 3.05) is 49.9 Å². The van der Waals surface area contributed by atoms with E-state index < -0.39 is 9.84 Å². The molecule has 1 aliphatic heterocycles. The molecule has 0 spiro atoms. The second kappa shape index (κ2) is 7.68. The van der Waals surface area contributed by atoms with Crippen LogP contribution in [0, 0.1) is 0 Å². The van der Waals surface area contributed by atoms with Gasteiger partial charge in [-0.05, 0) is 19.1 Å². The summed E-state index contributed by atoms with van der Waals surface area (Å²) in [5, 5.41) is 1.66. The van der Waals surface area contributed by atoms with E-state index >= 15 is 0 Å². The fourth-order valence-corrected chi connectivity index (χ4v) is 6.26. The summed E-state index contributed by atoms with van der Waals surface area (Å²) in [4.78, 5) is 18.8. The van der Waals surface area contributed by atoms with E-state index in [9.17, 15) is 8.42 Å². The van der Waals surface area contributed by atoms with Gasteiger partial charge in [0.2, 0.25) is 11.9 Å². The number of morpholine rings is 1.